The molecule has 0 atom stereocenters. The number of ether oxygens (including phenoxy) is 2. The number of hydrogen-bond donors (Lipinski definition) is 2. The largest absolute Gasteiger partial charge is 0.493 e. The van der Waals surface area contributed by atoms with Gasteiger partial charge in [-0.1, -0.05) is 6.07 Å². The first-order chi connectivity index (χ1) is 11.3. The Bertz CT molecular complexity index is 882. The first-order valence-electron chi connectivity index (χ1n) is 6.57. The lowest BCUT2D eigenvalue weighted by atomic mass is 10.2. The fraction of sp³-hybridized carbons (Fsp3) is 0.133. The molecule has 0 saturated carbocycles. The van der Waals surface area contributed by atoms with Crippen LogP contribution in [0.2, 0.25) is 0 Å². The van der Waals surface area contributed by atoms with Crippen LogP contribution < -0.4 is 14.2 Å². The van der Waals surface area contributed by atoms with Gasteiger partial charge >= 0.3 is 5.97 Å². The summed E-state index contributed by atoms with van der Waals surface area (Å²) in [6.45, 7) is 0. The number of benzene rings is 2. The van der Waals surface area contributed by atoms with Gasteiger partial charge in [-0.2, -0.15) is 0 Å². The van der Waals surface area contributed by atoms with Crippen molar-refractivity contribution < 1.29 is 32.2 Å². The number of aromatic carboxylic acids is 1. The molecule has 0 radical (unpaired) electrons. The van der Waals surface area contributed by atoms with E-state index < -0.39 is 27.4 Å². The van der Waals surface area contributed by atoms with Crippen molar-refractivity contribution in [3.05, 3.63) is 47.8 Å². The fourth-order valence-electron chi connectivity index (χ4n) is 2.01. The maximum absolute atomic E-state index is 13.6. The van der Waals surface area contributed by atoms with E-state index in [0.717, 1.165) is 12.1 Å². The zero-order valence-electron chi connectivity index (χ0n) is 12.7. The van der Waals surface area contributed by atoms with E-state index in [2.05, 4.69) is 4.72 Å². The quantitative estimate of drug-likeness (QED) is 0.825. The predicted molar refractivity (Wildman–Crippen MR) is 83.7 cm³/mol. The molecule has 2 N–H and O–H groups in total. The molecular formula is C15H14FNO6S. The molecule has 2 aromatic rings. The van der Waals surface area contributed by atoms with Crippen LogP contribution in [0.4, 0.5) is 10.1 Å². The maximum atomic E-state index is 13.6. The van der Waals surface area contributed by atoms with Crippen molar-refractivity contribution in [1.82, 2.24) is 0 Å². The number of rotatable bonds is 6. The molecule has 0 bridgehead atoms. The molecule has 0 spiro atoms. The van der Waals surface area contributed by atoms with Gasteiger partial charge in [-0.15, -0.1) is 0 Å². The van der Waals surface area contributed by atoms with Crippen LogP contribution in [-0.4, -0.2) is 33.7 Å². The highest BCUT2D eigenvalue weighted by Crippen LogP contribution is 2.30. The molecule has 0 fully saturated rings. The van der Waals surface area contributed by atoms with Gasteiger partial charge in [-0.05, 0) is 24.3 Å². The number of hydrogen-bond acceptors (Lipinski definition) is 5. The summed E-state index contributed by atoms with van der Waals surface area (Å²) < 4.78 is 50.6. The van der Waals surface area contributed by atoms with Crippen molar-refractivity contribution in [3.63, 3.8) is 0 Å². The summed E-state index contributed by atoms with van der Waals surface area (Å²) in [6, 6.07) is 7.14. The van der Waals surface area contributed by atoms with Gasteiger partial charge in [0.15, 0.2) is 11.5 Å². The highest BCUT2D eigenvalue weighted by atomic mass is 32.2. The Morgan fingerprint density at radius 2 is 1.79 bits per heavy atom. The fourth-order valence-corrected chi connectivity index (χ4v) is 3.10. The Kier molecular flexibility index (Phi) is 4.93. The Balaban J connectivity index is 2.47. The zero-order valence-corrected chi connectivity index (χ0v) is 13.6. The maximum Gasteiger partial charge on any atom is 0.340 e. The summed E-state index contributed by atoms with van der Waals surface area (Å²) in [5.74, 6) is -2.13. The van der Waals surface area contributed by atoms with Crippen molar-refractivity contribution in [1.29, 1.82) is 0 Å². The summed E-state index contributed by atoms with van der Waals surface area (Å²) in [5, 5.41) is 9.05. The number of carbonyl (C=O) groups is 1. The van der Waals surface area contributed by atoms with E-state index in [1.807, 2.05) is 0 Å². The van der Waals surface area contributed by atoms with Crippen LogP contribution in [0.3, 0.4) is 0 Å². The molecule has 0 amide bonds. The summed E-state index contributed by atoms with van der Waals surface area (Å²) in [7, 11) is -1.42. The van der Waals surface area contributed by atoms with E-state index in [1.54, 1.807) is 0 Å². The second-order valence-corrected chi connectivity index (χ2v) is 6.27. The van der Waals surface area contributed by atoms with Crippen molar-refractivity contribution >= 4 is 21.7 Å². The molecule has 9 heteroatoms. The van der Waals surface area contributed by atoms with E-state index >= 15 is 0 Å². The molecule has 2 aromatic carbocycles. The van der Waals surface area contributed by atoms with Gasteiger partial charge in [0, 0.05) is 6.07 Å². The van der Waals surface area contributed by atoms with E-state index in [0.29, 0.717) is 5.75 Å². The van der Waals surface area contributed by atoms with Crippen LogP contribution in [0.15, 0.2) is 41.3 Å². The number of methoxy groups -OCH3 is 2. The molecule has 0 unspecified atom stereocenters. The smallest absolute Gasteiger partial charge is 0.340 e. The van der Waals surface area contributed by atoms with Crippen molar-refractivity contribution in [3.8, 4) is 11.5 Å². The lowest BCUT2D eigenvalue weighted by Gasteiger charge is -2.13. The highest BCUT2D eigenvalue weighted by molar-refractivity contribution is 7.92. The molecular weight excluding hydrogens is 341 g/mol. The molecule has 0 aliphatic rings. The van der Waals surface area contributed by atoms with Crippen LogP contribution in [0.1, 0.15) is 10.4 Å². The normalized spacial score (nSPS) is 11.0. The molecule has 0 aliphatic carbocycles. The van der Waals surface area contributed by atoms with Crippen LogP contribution in [0, 0.1) is 5.82 Å². The van der Waals surface area contributed by atoms with Gasteiger partial charge < -0.3 is 14.6 Å². The minimum absolute atomic E-state index is 0.179. The predicted octanol–water partition coefficient (Wildman–Crippen LogP) is 2.34. The first kappa shape index (κ1) is 17.5. The lowest BCUT2D eigenvalue weighted by molar-refractivity contribution is 0.0693. The summed E-state index contributed by atoms with van der Waals surface area (Å²) in [6.07, 6.45) is 0. The van der Waals surface area contributed by atoms with Gasteiger partial charge in [0.2, 0.25) is 0 Å². The molecule has 128 valence electrons. The Hall–Kier alpha value is -2.81. The summed E-state index contributed by atoms with van der Waals surface area (Å²) in [4.78, 5) is 10.9. The Labute approximate surface area is 137 Å². The zero-order chi connectivity index (χ0) is 17.9. The average molecular weight is 355 g/mol. The Morgan fingerprint density at radius 3 is 2.38 bits per heavy atom. The molecule has 24 heavy (non-hydrogen) atoms. The van der Waals surface area contributed by atoms with E-state index in [-0.39, 0.29) is 16.3 Å². The number of anilines is 1. The van der Waals surface area contributed by atoms with E-state index in [9.17, 15) is 17.6 Å². The minimum Gasteiger partial charge on any atom is -0.493 e. The van der Waals surface area contributed by atoms with Crippen molar-refractivity contribution in [2.45, 2.75) is 4.90 Å². The van der Waals surface area contributed by atoms with Crippen LogP contribution in [-0.2, 0) is 10.0 Å². The topological polar surface area (TPSA) is 102 Å². The summed E-state index contributed by atoms with van der Waals surface area (Å²) >= 11 is 0. The van der Waals surface area contributed by atoms with Crippen LogP contribution in [0.25, 0.3) is 0 Å². The number of sulfonamides is 1. The van der Waals surface area contributed by atoms with Gasteiger partial charge in [0.1, 0.15) is 11.4 Å². The second kappa shape index (κ2) is 6.75. The third-order valence-corrected chi connectivity index (χ3v) is 4.50. The lowest BCUT2D eigenvalue weighted by Crippen LogP contribution is -2.16. The van der Waals surface area contributed by atoms with Crippen molar-refractivity contribution in [2.75, 3.05) is 18.9 Å². The minimum atomic E-state index is -4.16. The highest BCUT2D eigenvalue weighted by Gasteiger charge is 2.22. The molecule has 7 nitrogen and oxygen atoms in total. The second-order valence-electron chi connectivity index (χ2n) is 4.59. The van der Waals surface area contributed by atoms with Crippen LogP contribution in [0.5, 0.6) is 11.5 Å². The number of halogens is 1. The van der Waals surface area contributed by atoms with Crippen molar-refractivity contribution in [2.24, 2.45) is 0 Å². The Morgan fingerprint density at radius 1 is 1.12 bits per heavy atom. The van der Waals surface area contributed by atoms with Crippen LogP contribution >= 0.6 is 0 Å². The third kappa shape index (κ3) is 3.40. The van der Waals surface area contributed by atoms with Gasteiger partial charge in [0.25, 0.3) is 10.0 Å². The van der Waals surface area contributed by atoms with Gasteiger partial charge in [-0.3, -0.25) is 4.72 Å². The third-order valence-electron chi connectivity index (χ3n) is 3.14. The molecule has 0 saturated heterocycles. The number of nitrogens with one attached hydrogen (secondary N) is 1. The SMILES string of the molecule is COc1ccc(S(=O)(=O)Nc2cccc(F)c2C(=O)O)cc1OC. The molecule has 2 rings (SSSR count). The number of carboxylic acids is 1. The summed E-state index contributed by atoms with van der Waals surface area (Å²) in [5.41, 5.74) is -1.14. The van der Waals surface area contributed by atoms with E-state index in [1.165, 1.54) is 38.5 Å². The molecule has 0 aromatic heterocycles. The molecule has 0 aliphatic heterocycles. The number of carboxylic acid groups (broad SMARTS) is 1. The van der Waals surface area contributed by atoms with Gasteiger partial charge in [0.05, 0.1) is 24.8 Å². The van der Waals surface area contributed by atoms with Gasteiger partial charge in [-0.25, -0.2) is 17.6 Å². The first-order valence-corrected chi connectivity index (χ1v) is 8.05. The monoisotopic (exact) mass is 355 g/mol. The molecule has 0 heterocycles. The van der Waals surface area contributed by atoms with E-state index in [4.69, 9.17) is 14.6 Å². The average Bonchev–Trinajstić information content (AvgIpc) is 2.53. The standard InChI is InChI=1S/C15H14FNO6S/c1-22-12-7-6-9(8-13(12)23-2)24(20,21)17-11-5-3-4-10(16)14(11)15(18)19/h3-8,17H,1-2H3,(H,18,19).